The van der Waals surface area contributed by atoms with Crippen LogP contribution in [0.4, 0.5) is 24.7 Å². The van der Waals surface area contributed by atoms with E-state index in [4.69, 9.17) is 5.26 Å². The van der Waals surface area contributed by atoms with Crippen molar-refractivity contribution in [2.75, 3.05) is 5.32 Å². The van der Waals surface area contributed by atoms with Gasteiger partial charge in [-0.05, 0) is 52.7 Å². The number of pyridine rings is 1. The third-order valence-electron chi connectivity index (χ3n) is 2.75. The molecule has 0 saturated carbocycles. The van der Waals surface area contributed by atoms with Crippen LogP contribution < -0.4 is 5.32 Å². The van der Waals surface area contributed by atoms with Crippen molar-refractivity contribution in [2.45, 2.75) is 13.1 Å². The zero-order valence-electron chi connectivity index (χ0n) is 10.8. The van der Waals surface area contributed by atoms with Crippen LogP contribution in [0.25, 0.3) is 0 Å². The summed E-state index contributed by atoms with van der Waals surface area (Å²) in [6, 6.07) is 6.79. The first-order valence-electron chi connectivity index (χ1n) is 5.82. The van der Waals surface area contributed by atoms with E-state index in [0.717, 1.165) is 22.2 Å². The number of anilines is 2. The summed E-state index contributed by atoms with van der Waals surface area (Å²) in [6.45, 7) is 1.79. The van der Waals surface area contributed by atoms with Crippen LogP contribution in [0, 0.1) is 18.3 Å². The molecular formula is C14H9BrF3N3. The summed E-state index contributed by atoms with van der Waals surface area (Å²) in [5.41, 5.74) is -0.375. The summed E-state index contributed by atoms with van der Waals surface area (Å²) in [4.78, 5) is 4.10. The van der Waals surface area contributed by atoms with Gasteiger partial charge in [0.05, 0.1) is 17.2 Å². The maximum Gasteiger partial charge on any atom is 0.417 e. The van der Waals surface area contributed by atoms with Crippen molar-refractivity contribution in [1.29, 1.82) is 5.26 Å². The molecule has 0 spiro atoms. The Hall–Kier alpha value is -2.07. The lowest BCUT2D eigenvalue weighted by atomic mass is 10.1. The maximum absolute atomic E-state index is 12.9. The number of rotatable bonds is 2. The Morgan fingerprint density at radius 2 is 2.00 bits per heavy atom. The molecule has 0 aliphatic carbocycles. The molecule has 3 nitrogen and oxygen atoms in total. The minimum absolute atomic E-state index is 0.222. The Balaban J connectivity index is 2.40. The van der Waals surface area contributed by atoms with Crippen molar-refractivity contribution in [3.63, 3.8) is 0 Å². The Kier molecular flexibility index (Phi) is 4.19. The van der Waals surface area contributed by atoms with Gasteiger partial charge in [-0.1, -0.05) is 0 Å². The van der Waals surface area contributed by atoms with Crippen LogP contribution in [-0.2, 0) is 6.18 Å². The molecule has 2 rings (SSSR count). The first kappa shape index (κ1) is 15.3. The standard InChI is InChI=1S/C14H9BrF3N3/c1-8-4-10(15)7-20-13(8)21-11-3-2-9(6-19)12(5-11)14(16,17)18/h2-5,7H,1H3,(H,20,21). The molecule has 0 radical (unpaired) electrons. The number of aryl methyl sites for hydroxylation is 1. The largest absolute Gasteiger partial charge is 0.417 e. The minimum atomic E-state index is -4.58. The lowest BCUT2D eigenvalue weighted by molar-refractivity contribution is -0.137. The molecular weight excluding hydrogens is 347 g/mol. The number of nitriles is 1. The highest BCUT2D eigenvalue weighted by Gasteiger charge is 2.33. The number of benzene rings is 1. The average Bonchev–Trinajstić information content (AvgIpc) is 2.41. The molecule has 0 bridgehead atoms. The van der Waals surface area contributed by atoms with Crippen LogP contribution in [0.15, 0.2) is 34.9 Å². The molecule has 0 aliphatic rings. The summed E-state index contributed by atoms with van der Waals surface area (Å²) >= 11 is 3.26. The van der Waals surface area contributed by atoms with Crippen molar-refractivity contribution in [1.82, 2.24) is 4.98 Å². The molecule has 0 unspecified atom stereocenters. The van der Waals surface area contributed by atoms with Gasteiger partial charge in [0.1, 0.15) is 5.82 Å². The second-order valence-corrected chi connectivity index (χ2v) is 5.23. The highest BCUT2D eigenvalue weighted by Crippen LogP contribution is 2.34. The van der Waals surface area contributed by atoms with E-state index in [2.05, 4.69) is 26.2 Å². The van der Waals surface area contributed by atoms with Gasteiger partial charge >= 0.3 is 6.18 Å². The zero-order valence-corrected chi connectivity index (χ0v) is 12.4. The smallest absolute Gasteiger partial charge is 0.340 e. The fraction of sp³-hybridized carbons (Fsp3) is 0.143. The zero-order chi connectivity index (χ0) is 15.6. The minimum Gasteiger partial charge on any atom is -0.340 e. The number of halogens is 4. The summed E-state index contributed by atoms with van der Waals surface area (Å²) in [5, 5.41) is 11.6. The lowest BCUT2D eigenvalue weighted by Gasteiger charge is -2.13. The molecule has 1 aromatic carbocycles. The second-order valence-electron chi connectivity index (χ2n) is 4.31. The van der Waals surface area contributed by atoms with Gasteiger partial charge in [0, 0.05) is 16.4 Å². The summed E-state index contributed by atoms with van der Waals surface area (Å²) < 4.78 is 39.4. The van der Waals surface area contributed by atoms with Crippen LogP contribution in [-0.4, -0.2) is 4.98 Å². The van der Waals surface area contributed by atoms with E-state index in [0.29, 0.717) is 5.82 Å². The van der Waals surface area contributed by atoms with Crippen LogP contribution >= 0.6 is 15.9 Å². The molecule has 7 heteroatoms. The predicted octanol–water partition coefficient (Wildman–Crippen LogP) is 4.79. The van der Waals surface area contributed by atoms with Crippen LogP contribution in [0.2, 0.25) is 0 Å². The molecule has 0 fully saturated rings. The number of hydrogen-bond donors (Lipinski definition) is 1. The number of nitrogens with one attached hydrogen (secondary N) is 1. The van der Waals surface area contributed by atoms with E-state index in [1.54, 1.807) is 25.3 Å². The SMILES string of the molecule is Cc1cc(Br)cnc1Nc1ccc(C#N)c(C(F)(F)F)c1. The summed E-state index contributed by atoms with van der Waals surface area (Å²) in [7, 11) is 0. The summed E-state index contributed by atoms with van der Waals surface area (Å²) in [5.74, 6) is 0.455. The first-order chi connectivity index (χ1) is 9.81. The van der Waals surface area contributed by atoms with E-state index in [9.17, 15) is 13.2 Å². The Labute approximate surface area is 127 Å². The molecule has 0 aliphatic heterocycles. The molecule has 1 N–H and O–H groups in total. The maximum atomic E-state index is 12.9. The highest BCUT2D eigenvalue weighted by atomic mass is 79.9. The van der Waals surface area contributed by atoms with Gasteiger partial charge in [0.25, 0.3) is 0 Å². The van der Waals surface area contributed by atoms with E-state index >= 15 is 0 Å². The van der Waals surface area contributed by atoms with Crippen molar-refractivity contribution in [3.05, 3.63) is 51.6 Å². The third-order valence-corrected chi connectivity index (χ3v) is 3.19. The first-order valence-corrected chi connectivity index (χ1v) is 6.61. The lowest BCUT2D eigenvalue weighted by Crippen LogP contribution is -2.08. The van der Waals surface area contributed by atoms with E-state index in [-0.39, 0.29) is 5.69 Å². The summed E-state index contributed by atoms with van der Waals surface area (Å²) in [6.07, 6.45) is -3.03. The van der Waals surface area contributed by atoms with Gasteiger partial charge in [0.15, 0.2) is 0 Å². The monoisotopic (exact) mass is 355 g/mol. The fourth-order valence-corrected chi connectivity index (χ4v) is 2.21. The molecule has 0 saturated heterocycles. The highest BCUT2D eigenvalue weighted by molar-refractivity contribution is 9.10. The Morgan fingerprint density at radius 1 is 1.29 bits per heavy atom. The van der Waals surface area contributed by atoms with Gasteiger partial charge in [-0.3, -0.25) is 0 Å². The molecule has 0 atom stereocenters. The topological polar surface area (TPSA) is 48.7 Å². The second kappa shape index (κ2) is 5.74. The molecule has 0 amide bonds. The van der Waals surface area contributed by atoms with Gasteiger partial charge < -0.3 is 5.32 Å². The van der Waals surface area contributed by atoms with Gasteiger partial charge in [-0.25, -0.2) is 4.98 Å². The van der Waals surface area contributed by atoms with Gasteiger partial charge in [0.2, 0.25) is 0 Å². The third kappa shape index (κ3) is 3.52. The number of hydrogen-bond acceptors (Lipinski definition) is 3. The van der Waals surface area contributed by atoms with Crippen molar-refractivity contribution in [3.8, 4) is 6.07 Å². The molecule has 21 heavy (non-hydrogen) atoms. The van der Waals surface area contributed by atoms with Crippen LogP contribution in [0.5, 0.6) is 0 Å². The number of nitrogens with zero attached hydrogens (tertiary/aromatic N) is 2. The van der Waals surface area contributed by atoms with Crippen molar-refractivity contribution in [2.24, 2.45) is 0 Å². The predicted molar refractivity (Wildman–Crippen MR) is 76.1 cm³/mol. The Morgan fingerprint density at radius 3 is 2.57 bits per heavy atom. The van der Waals surface area contributed by atoms with E-state index in [1.165, 1.54) is 6.07 Å². The van der Waals surface area contributed by atoms with Crippen molar-refractivity contribution < 1.29 is 13.2 Å². The fourth-order valence-electron chi connectivity index (χ4n) is 1.76. The van der Waals surface area contributed by atoms with Gasteiger partial charge in [-0.15, -0.1) is 0 Å². The average molecular weight is 356 g/mol. The van der Waals surface area contributed by atoms with E-state index in [1.807, 2.05) is 0 Å². The molecule has 2 aromatic rings. The van der Waals surface area contributed by atoms with Crippen LogP contribution in [0.1, 0.15) is 16.7 Å². The van der Waals surface area contributed by atoms with E-state index < -0.39 is 17.3 Å². The van der Waals surface area contributed by atoms with Crippen molar-refractivity contribution >= 4 is 27.4 Å². The van der Waals surface area contributed by atoms with Crippen LogP contribution in [0.3, 0.4) is 0 Å². The Bertz CT molecular complexity index is 720. The molecule has 1 aromatic heterocycles. The quantitative estimate of drug-likeness (QED) is 0.842. The number of alkyl halides is 3. The normalized spacial score (nSPS) is 11.0. The molecule has 108 valence electrons. The number of aromatic nitrogens is 1. The van der Waals surface area contributed by atoms with Gasteiger partial charge in [-0.2, -0.15) is 18.4 Å². The molecule has 1 heterocycles.